The number of aliphatic hydroxyl groups excluding tert-OH is 1. The average Bonchev–Trinajstić information content (AvgIpc) is 2.71. The first-order valence-electron chi connectivity index (χ1n) is 6.67. The number of amides is 2. The van der Waals surface area contributed by atoms with Gasteiger partial charge in [0.2, 0.25) is 0 Å². The van der Waals surface area contributed by atoms with Crippen molar-refractivity contribution >= 4 is 11.8 Å². The molecule has 0 aromatic carbocycles. The van der Waals surface area contributed by atoms with Gasteiger partial charge >= 0.3 is 0 Å². The molecule has 1 aromatic rings. The molecule has 5 nitrogen and oxygen atoms in total. The second-order valence-electron chi connectivity index (χ2n) is 5.20. The topological polar surface area (TPSA) is 70.5 Å². The molecule has 0 saturated heterocycles. The number of carbonyl (C=O) groups is 2. The highest BCUT2D eigenvalue weighted by Gasteiger charge is 2.43. The van der Waals surface area contributed by atoms with Crippen molar-refractivity contribution in [1.29, 1.82) is 0 Å². The van der Waals surface area contributed by atoms with Gasteiger partial charge in [0.15, 0.2) is 0 Å². The highest BCUT2D eigenvalue weighted by atomic mass is 16.3. The lowest BCUT2D eigenvalue weighted by molar-refractivity contribution is 0.0399. The molecule has 0 spiro atoms. The third kappa shape index (κ3) is 1.85. The molecule has 2 aliphatic rings. The molecule has 1 fully saturated rings. The summed E-state index contributed by atoms with van der Waals surface area (Å²) in [5.41, 5.74) is 0.817. The van der Waals surface area contributed by atoms with Gasteiger partial charge in [-0.1, -0.05) is 12.8 Å². The lowest BCUT2D eigenvalue weighted by atomic mass is 9.84. The number of aliphatic hydroxyl groups is 1. The van der Waals surface area contributed by atoms with Crippen LogP contribution in [0.2, 0.25) is 0 Å². The number of rotatable bonds is 2. The van der Waals surface area contributed by atoms with Gasteiger partial charge in [-0.05, 0) is 18.9 Å². The van der Waals surface area contributed by atoms with Crippen LogP contribution in [0.15, 0.2) is 18.5 Å². The molecule has 19 heavy (non-hydrogen) atoms. The van der Waals surface area contributed by atoms with Crippen LogP contribution in [0.3, 0.4) is 0 Å². The normalized spacial score (nSPS) is 26.7. The number of carbonyl (C=O) groups excluding carboxylic acids is 2. The van der Waals surface area contributed by atoms with Crippen LogP contribution in [0.4, 0.5) is 0 Å². The third-order valence-electron chi connectivity index (χ3n) is 4.15. The van der Waals surface area contributed by atoms with E-state index in [1.165, 1.54) is 17.3 Å². The van der Waals surface area contributed by atoms with Crippen LogP contribution in [0, 0.1) is 5.92 Å². The Hall–Kier alpha value is -1.75. The molecule has 3 rings (SSSR count). The Morgan fingerprint density at radius 1 is 1.21 bits per heavy atom. The number of imide groups is 1. The van der Waals surface area contributed by atoms with Crippen LogP contribution < -0.4 is 0 Å². The maximum atomic E-state index is 12.4. The molecule has 5 heteroatoms. The van der Waals surface area contributed by atoms with Crippen molar-refractivity contribution in [2.75, 3.05) is 6.61 Å². The van der Waals surface area contributed by atoms with E-state index in [9.17, 15) is 14.7 Å². The zero-order chi connectivity index (χ0) is 13.4. The van der Waals surface area contributed by atoms with Crippen LogP contribution in [0.5, 0.6) is 0 Å². The molecule has 1 saturated carbocycles. The van der Waals surface area contributed by atoms with Crippen molar-refractivity contribution in [2.45, 2.75) is 31.7 Å². The molecule has 0 radical (unpaired) electrons. The van der Waals surface area contributed by atoms with Crippen molar-refractivity contribution in [2.24, 2.45) is 5.92 Å². The number of hydrogen-bond donors (Lipinski definition) is 1. The summed E-state index contributed by atoms with van der Waals surface area (Å²) >= 11 is 0. The summed E-state index contributed by atoms with van der Waals surface area (Å²) in [4.78, 5) is 30.0. The summed E-state index contributed by atoms with van der Waals surface area (Å²) in [7, 11) is 0. The fourth-order valence-electron chi connectivity index (χ4n) is 3.15. The van der Waals surface area contributed by atoms with E-state index in [4.69, 9.17) is 0 Å². The van der Waals surface area contributed by atoms with Gasteiger partial charge in [0.25, 0.3) is 11.8 Å². The second-order valence-corrected chi connectivity index (χ2v) is 5.20. The van der Waals surface area contributed by atoms with E-state index in [-0.39, 0.29) is 30.4 Å². The molecule has 1 aliphatic heterocycles. The van der Waals surface area contributed by atoms with Crippen LogP contribution in [-0.2, 0) is 0 Å². The van der Waals surface area contributed by atoms with Gasteiger partial charge in [-0.3, -0.25) is 19.5 Å². The predicted octanol–water partition coefficient (Wildman–Crippen LogP) is 1.23. The Morgan fingerprint density at radius 3 is 2.68 bits per heavy atom. The molecular formula is C14H16N2O3. The fraction of sp³-hybridized carbons (Fsp3) is 0.500. The van der Waals surface area contributed by atoms with E-state index in [1.807, 2.05) is 0 Å². The lowest BCUT2D eigenvalue weighted by Gasteiger charge is -2.35. The molecule has 2 heterocycles. The van der Waals surface area contributed by atoms with Gasteiger partial charge in [0.1, 0.15) is 0 Å². The van der Waals surface area contributed by atoms with E-state index < -0.39 is 0 Å². The molecule has 100 valence electrons. The van der Waals surface area contributed by atoms with Crippen LogP contribution in [-0.4, -0.2) is 39.5 Å². The summed E-state index contributed by atoms with van der Waals surface area (Å²) in [5, 5.41) is 9.45. The van der Waals surface area contributed by atoms with Crippen LogP contribution in [0.25, 0.3) is 0 Å². The van der Waals surface area contributed by atoms with Gasteiger partial charge < -0.3 is 5.11 Å². The highest BCUT2D eigenvalue weighted by Crippen LogP contribution is 2.33. The Bertz CT molecular complexity index is 494. The van der Waals surface area contributed by atoms with Gasteiger partial charge in [0, 0.05) is 31.0 Å². The molecule has 2 atom stereocenters. The monoisotopic (exact) mass is 260 g/mol. The van der Waals surface area contributed by atoms with E-state index in [0.717, 1.165) is 25.7 Å². The van der Waals surface area contributed by atoms with Crippen LogP contribution in [0.1, 0.15) is 46.4 Å². The molecule has 0 bridgehead atoms. The minimum Gasteiger partial charge on any atom is -0.396 e. The zero-order valence-corrected chi connectivity index (χ0v) is 10.6. The first-order chi connectivity index (χ1) is 9.24. The molecule has 1 aliphatic carbocycles. The van der Waals surface area contributed by atoms with Crippen molar-refractivity contribution in [3.05, 3.63) is 29.6 Å². The Kier molecular flexibility index (Phi) is 3.06. The van der Waals surface area contributed by atoms with E-state index in [0.29, 0.717) is 11.1 Å². The molecular weight excluding hydrogens is 244 g/mol. The highest BCUT2D eigenvalue weighted by molar-refractivity contribution is 6.21. The maximum Gasteiger partial charge on any atom is 0.263 e. The largest absolute Gasteiger partial charge is 0.396 e. The van der Waals surface area contributed by atoms with E-state index >= 15 is 0 Å². The van der Waals surface area contributed by atoms with Gasteiger partial charge in [-0.15, -0.1) is 0 Å². The lowest BCUT2D eigenvalue weighted by Crippen LogP contribution is -2.46. The van der Waals surface area contributed by atoms with Crippen molar-refractivity contribution < 1.29 is 14.7 Å². The SMILES string of the molecule is O=C1c2ccncc2C(=O)N1C1CCCCC1CO. The zero-order valence-electron chi connectivity index (χ0n) is 10.6. The van der Waals surface area contributed by atoms with Crippen molar-refractivity contribution in [3.63, 3.8) is 0 Å². The summed E-state index contributed by atoms with van der Waals surface area (Å²) < 4.78 is 0. The van der Waals surface area contributed by atoms with Gasteiger partial charge in [-0.25, -0.2) is 0 Å². The maximum absolute atomic E-state index is 12.4. The molecule has 2 unspecified atom stereocenters. The number of nitrogens with zero attached hydrogens (tertiary/aromatic N) is 2. The minimum atomic E-state index is -0.265. The van der Waals surface area contributed by atoms with Gasteiger partial charge in [0.05, 0.1) is 11.1 Å². The van der Waals surface area contributed by atoms with E-state index in [1.54, 1.807) is 6.07 Å². The summed E-state index contributed by atoms with van der Waals surface area (Å²) in [6.07, 6.45) is 6.67. The molecule has 2 amide bonds. The average molecular weight is 260 g/mol. The predicted molar refractivity (Wildman–Crippen MR) is 67.6 cm³/mol. The van der Waals surface area contributed by atoms with E-state index in [2.05, 4.69) is 4.98 Å². The second kappa shape index (κ2) is 4.74. The number of pyridine rings is 1. The number of hydrogen-bond acceptors (Lipinski definition) is 4. The molecule has 1 aromatic heterocycles. The minimum absolute atomic E-state index is 0.00363. The Labute approximate surface area is 111 Å². The quantitative estimate of drug-likeness (QED) is 0.812. The first kappa shape index (κ1) is 12.3. The Balaban J connectivity index is 1.95. The van der Waals surface area contributed by atoms with Crippen molar-refractivity contribution in [3.8, 4) is 0 Å². The standard InChI is InChI=1S/C14H16N2O3/c17-8-9-3-1-2-4-12(9)16-13(18)10-5-6-15-7-11(10)14(16)19/h5-7,9,12,17H,1-4,8H2. The van der Waals surface area contributed by atoms with Crippen molar-refractivity contribution in [1.82, 2.24) is 9.88 Å². The van der Waals surface area contributed by atoms with Crippen LogP contribution >= 0.6 is 0 Å². The third-order valence-corrected chi connectivity index (χ3v) is 4.15. The smallest absolute Gasteiger partial charge is 0.263 e. The summed E-state index contributed by atoms with van der Waals surface area (Å²) in [5.74, 6) is -0.505. The first-order valence-corrected chi connectivity index (χ1v) is 6.67. The summed E-state index contributed by atoms with van der Waals surface area (Å²) in [6, 6.07) is 1.41. The Morgan fingerprint density at radius 2 is 1.95 bits per heavy atom. The number of aromatic nitrogens is 1. The summed E-state index contributed by atoms with van der Waals surface area (Å²) in [6.45, 7) is 0.0241. The number of fused-ring (bicyclic) bond motifs is 1. The fourth-order valence-corrected chi connectivity index (χ4v) is 3.15. The molecule has 1 N–H and O–H groups in total. The van der Waals surface area contributed by atoms with Gasteiger partial charge in [-0.2, -0.15) is 0 Å².